The van der Waals surface area contributed by atoms with Crippen LogP contribution in [0.3, 0.4) is 0 Å². The van der Waals surface area contributed by atoms with Crippen molar-refractivity contribution in [3.63, 3.8) is 0 Å². The summed E-state index contributed by atoms with van der Waals surface area (Å²) >= 11 is 7.15. The number of hydrogen-bond donors (Lipinski definition) is 1. The number of hydrogen-bond acceptors (Lipinski definition) is 3. The van der Waals surface area contributed by atoms with Crippen LogP contribution in [0.4, 0.5) is 0 Å². The Morgan fingerprint density at radius 1 is 1.05 bits per heavy atom. The van der Waals surface area contributed by atoms with Crippen molar-refractivity contribution in [1.82, 2.24) is 5.32 Å². The minimum atomic E-state index is 0.155. The summed E-state index contributed by atoms with van der Waals surface area (Å²) in [6, 6.07) is 4.19. The lowest BCUT2D eigenvalue weighted by molar-refractivity contribution is 0.0770. The van der Waals surface area contributed by atoms with Crippen LogP contribution in [0, 0.1) is 0 Å². The van der Waals surface area contributed by atoms with Gasteiger partial charge in [0.15, 0.2) is 0 Å². The van der Waals surface area contributed by atoms with E-state index in [1.165, 1.54) is 5.56 Å². The monoisotopic (exact) mass is 421 g/mol. The van der Waals surface area contributed by atoms with Gasteiger partial charge >= 0.3 is 0 Å². The molecule has 0 saturated carbocycles. The zero-order valence-corrected chi connectivity index (χ0v) is 16.4. The third-order valence-electron chi connectivity index (χ3n) is 2.69. The van der Waals surface area contributed by atoms with Crippen molar-refractivity contribution in [3.8, 4) is 5.75 Å². The van der Waals surface area contributed by atoms with E-state index in [0.29, 0.717) is 6.10 Å². The van der Waals surface area contributed by atoms with Gasteiger partial charge in [-0.05, 0) is 90.2 Å². The van der Waals surface area contributed by atoms with E-state index in [0.717, 1.165) is 40.8 Å². The summed E-state index contributed by atoms with van der Waals surface area (Å²) in [5, 5.41) is 3.43. The van der Waals surface area contributed by atoms with E-state index in [2.05, 4.69) is 63.2 Å². The van der Waals surface area contributed by atoms with Crippen LogP contribution in [0.1, 0.15) is 39.7 Å². The minimum absolute atomic E-state index is 0.155. The maximum Gasteiger partial charge on any atom is 0.148 e. The van der Waals surface area contributed by atoms with Crippen LogP contribution >= 0.6 is 31.9 Å². The molecule has 1 N–H and O–H groups in total. The number of halogens is 2. The van der Waals surface area contributed by atoms with E-state index in [1.54, 1.807) is 0 Å². The predicted molar refractivity (Wildman–Crippen MR) is 95.0 cm³/mol. The van der Waals surface area contributed by atoms with Gasteiger partial charge in [-0.2, -0.15) is 0 Å². The number of rotatable bonds is 9. The lowest BCUT2D eigenvalue weighted by Gasteiger charge is -2.15. The lowest BCUT2D eigenvalue weighted by atomic mass is 10.2. The zero-order valence-electron chi connectivity index (χ0n) is 13.2. The van der Waals surface area contributed by atoms with E-state index in [1.807, 2.05) is 13.8 Å². The fraction of sp³-hybridized carbons (Fsp3) is 0.625. The van der Waals surface area contributed by atoms with E-state index >= 15 is 0 Å². The largest absolute Gasteiger partial charge is 0.489 e. The Bertz CT molecular complexity index is 413. The molecule has 5 heteroatoms. The molecule has 0 amide bonds. The van der Waals surface area contributed by atoms with E-state index < -0.39 is 0 Å². The third-order valence-corrected chi connectivity index (χ3v) is 3.87. The Kier molecular flexibility index (Phi) is 8.86. The van der Waals surface area contributed by atoms with Gasteiger partial charge < -0.3 is 14.8 Å². The highest BCUT2D eigenvalue weighted by Gasteiger charge is 2.10. The lowest BCUT2D eigenvalue weighted by Crippen LogP contribution is -2.17. The number of ether oxygens (including phenoxy) is 2. The summed E-state index contributed by atoms with van der Waals surface area (Å²) in [7, 11) is 0. The Labute approximate surface area is 145 Å². The molecule has 0 radical (unpaired) electrons. The van der Waals surface area contributed by atoms with Gasteiger partial charge in [0.05, 0.1) is 21.2 Å². The molecule has 0 saturated heterocycles. The van der Waals surface area contributed by atoms with Crippen molar-refractivity contribution in [2.24, 2.45) is 0 Å². The summed E-state index contributed by atoms with van der Waals surface area (Å²) in [5.41, 5.74) is 1.22. The van der Waals surface area contributed by atoms with E-state index in [4.69, 9.17) is 9.47 Å². The molecule has 21 heavy (non-hydrogen) atoms. The van der Waals surface area contributed by atoms with E-state index in [9.17, 15) is 0 Å². The van der Waals surface area contributed by atoms with Crippen molar-refractivity contribution in [1.29, 1.82) is 0 Å². The van der Waals surface area contributed by atoms with Crippen LogP contribution in [-0.4, -0.2) is 25.4 Å². The second-order valence-electron chi connectivity index (χ2n) is 5.51. The summed E-state index contributed by atoms with van der Waals surface area (Å²) in [5.74, 6) is 0.860. The molecule has 0 fully saturated rings. The van der Waals surface area contributed by atoms with Gasteiger partial charge in [-0.15, -0.1) is 0 Å². The molecule has 0 atom stereocenters. The van der Waals surface area contributed by atoms with Crippen LogP contribution in [-0.2, 0) is 11.3 Å². The Hall–Kier alpha value is -0.100. The first kappa shape index (κ1) is 18.9. The molecule has 120 valence electrons. The summed E-state index contributed by atoms with van der Waals surface area (Å²) in [6.45, 7) is 10.7. The first-order chi connectivity index (χ1) is 9.90. The smallest absolute Gasteiger partial charge is 0.148 e. The van der Waals surface area contributed by atoms with Crippen molar-refractivity contribution >= 4 is 31.9 Å². The van der Waals surface area contributed by atoms with Gasteiger partial charge in [-0.3, -0.25) is 0 Å². The molecule has 0 bridgehead atoms. The molecule has 0 spiro atoms. The Balaban J connectivity index is 2.43. The second-order valence-corrected chi connectivity index (χ2v) is 7.21. The molecular formula is C16H25Br2NO2. The molecule has 0 heterocycles. The number of benzene rings is 1. The van der Waals surface area contributed by atoms with Gasteiger partial charge in [0, 0.05) is 13.2 Å². The minimum Gasteiger partial charge on any atom is -0.489 e. The average molecular weight is 423 g/mol. The normalized spacial score (nSPS) is 11.4. The molecule has 0 aliphatic rings. The molecule has 1 rings (SSSR count). The van der Waals surface area contributed by atoms with Gasteiger partial charge in [0.2, 0.25) is 0 Å². The predicted octanol–water partition coefficient (Wildman–Crippen LogP) is 4.90. The maximum absolute atomic E-state index is 5.78. The Morgan fingerprint density at radius 2 is 1.67 bits per heavy atom. The second kappa shape index (κ2) is 9.82. The highest BCUT2D eigenvalue weighted by Crippen LogP contribution is 2.35. The van der Waals surface area contributed by atoms with Crippen molar-refractivity contribution in [2.45, 2.75) is 52.9 Å². The molecule has 1 aromatic carbocycles. The Morgan fingerprint density at radius 3 is 2.19 bits per heavy atom. The molecule has 0 aliphatic heterocycles. The standard InChI is InChI=1S/C16H25Br2NO2/c1-11(2)20-7-5-6-19-10-13-8-14(17)16(15(18)9-13)21-12(3)4/h8-9,11-12,19H,5-7,10H2,1-4H3. The van der Waals surface area contributed by atoms with Gasteiger partial charge in [0.25, 0.3) is 0 Å². The highest BCUT2D eigenvalue weighted by molar-refractivity contribution is 9.11. The average Bonchev–Trinajstić information content (AvgIpc) is 2.37. The highest BCUT2D eigenvalue weighted by atomic mass is 79.9. The van der Waals surface area contributed by atoms with Crippen molar-refractivity contribution in [3.05, 3.63) is 26.6 Å². The summed E-state index contributed by atoms with van der Waals surface area (Å²) in [4.78, 5) is 0. The fourth-order valence-electron chi connectivity index (χ4n) is 1.81. The molecule has 3 nitrogen and oxygen atoms in total. The quantitative estimate of drug-likeness (QED) is 0.573. The molecule has 0 aliphatic carbocycles. The van der Waals surface area contributed by atoms with E-state index in [-0.39, 0.29) is 6.10 Å². The molecule has 0 aromatic heterocycles. The molecule has 1 aromatic rings. The van der Waals surface area contributed by atoms with Crippen LogP contribution < -0.4 is 10.1 Å². The first-order valence-corrected chi connectivity index (χ1v) is 8.95. The fourth-order valence-corrected chi connectivity index (χ4v) is 3.28. The van der Waals surface area contributed by atoms with Crippen LogP contribution in [0.15, 0.2) is 21.1 Å². The summed E-state index contributed by atoms with van der Waals surface area (Å²) < 4.78 is 13.2. The SMILES string of the molecule is CC(C)OCCCNCc1cc(Br)c(OC(C)C)c(Br)c1. The molecule has 0 unspecified atom stereocenters. The maximum atomic E-state index is 5.78. The van der Waals surface area contributed by atoms with Crippen LogP contribution in [0.2, 0.25) is 0 Å². The van der Waals surface area contributed by atoms with Crippen LogP contribution in [0.5, 0.6) is 5.75 Å². The third kappa shape index (κ3) is 7.63. The van der Waals surface area contributed by atoms with Gasteiger partial charge in [-0.25, -0.2) is 0 Å². The number of nitrogens with one attached hydrogen (secondary N) is 1. The summed E-state index contributed by atoms with van der Waals surface area (Å²) in [6.07, 6.45) is 1.49. The first-order valence-electron chi connectivity index (χ1n) is 7.37. The van der Waals surface area contributed by atoms with Gasteiger partial charge in [-0.1, -0.05) is 0 Å². The molecular weight excluding hydrogens is 398 g/mol. The topological polar surface area (TPSA) is 30.5 Å². The van der Waals surface area contributed by atoms with Crippen molar-refractivity contribution in [2.75, 3.05) is 13.2 Å². The van der Waals surface area contributed by atoms with Crippen LogP contribution in [0.25, 0.3) is 0 Å². The van der Waals surface area contributed by atoms with Gasteiger partial charge in [0.1, 0.15) is 5.75 Å². The zero-order chi connectivity index (χ0) is 15.8. The van der Waals surface area contributed by atoms with Crippen molar-refractivity contribution < 1.29 is 9.47 Å².